The van der Waals surface area contributed by atoms with E-state index in [0.29, 0.717) is 10.9 Å². The van der Waals surface area contributed by atoms with Gasteiger partial charge < -0.3 is 14.7 Å². The number of terminal acetylenes is 1. The summed E-state index contributed by atoms with van der Waals surface area (Å²) >= 11 is 0. The zero-order valence-electron chi connectivity index (χ0n) is 12.2. The first kappa shape index (κ1) is 15.4. The van der Waals surface area contributed by atoms with Crippen LogP contribution in [0, 0.1) is 18.2 Å². The number of ether oxygens (including phenoxy) is 1. The van der Waals surface area contributed by atoms with Crippen LogP contribution in [-0.2, 0) is 0 Å². The predicted molar refractivity (Wildman–Crippen MR) is 83.3 cm³/mol. The Morgan fingerprint density at radius 1 is 1.45 bits per heavy atom. The molecule has 0 heterocycles. The van der Waals surface area contributed by atoms with Gasteiger partial charge in [-0.1, -0.05) is 18.6 Å². The van der Waals surface area contributed by atoms with Crippen LogP contribution in [0.1, 0.15) is 11.1 Å². The summed E-state index contributed by atoms with van der Waals surface area (Å²) in [6, 6.07) is 3.87. The Hall–Kier alpha value is -3.00. The van der Waals surface area contributed by atoms with E-state index in [-0.39, 0.29) is 22.4 Å². The minimum Gasteiger partial charge on any atom is -0.507 e. The van der Waals surface area contributed by atoms with Crippen molar-refractivity contribution in [3.63, 3.8) is 0 Å². The number of aromatic hydroxyl groups is 1. The van der Waals surface area contributed by atoms with E-state index in [1.807, 2.05) is 0 Å². The van der Waals surface area contributed by atoms with Crippen molar-refractivity contribution < 1.29 is 19.0 Å². The fourth-order valence-electron chi connectivity index (χ4n) is 2.06. The number of carbonyl (C=O) groups is 1. The molecule has 5 heteroatoms. The van der Waals surface area contributed by atoms with Gasteiger partial charge in [-0.3, -0.25) is 0 Å². The first-order valence-electron chi connectivity index (χ1n) is 6.36. The number of nitrogens with zero attached hydrogens (tertiary/aromatic N) is 1. The maximum absolute atomic E-state index is 13.9. The summed E-state index contributed by atoms with van der Waals surface area (Å²) in [5.74, 6) is 1.47. The standard InChI is InChI=1S/C17H14FNO3/c1-5-10-7-11(22-17(21)19(3)4)8-13-15(20)9-14(18)12(6-2)16(10)13/h2,5,7-9,20H,1H2,3-4H3. The fraction of sp³-hybridized carbons (Fsp3) is 0.118. The zero-order chi connectivity index (χ0) is 16.4. The van der Waals surface area contributed by atoms with Gasteiger partial charge in [-0.25, -0.2) is 9.18 Å². The number of benzene rings is 2. The third-order valence-corrected chi connectivity index (χ3v) is 3.11. The average molecular weight is 299 g/mol. The van der Waals surface area contributed by atoms with Gasteiger partial charge in [0.2, 0.25) is 0 Å². The average Bonchev–Trinajstić information content (AvgIpc) is 2.47. The molecule has 0 spiro atoms. The van der Waals surface area contributed by atoms with Gasteiger partial charge in [0.25, 0.3) is 0 Å². The van der Waals surface area contributed by atoms with Crippen molar-refractivity contribution >= 4 is 22.9 Å². The van der Waals surface area contributed by atoms with Crippen LogP contribution in [0.15, 0.2) is 24.8 Å². The van der Waals surface area contributed by atoms with Crippen LogP contribution in [-0.4, -0.2) is 30.2 Å². The lowest BCUT2D eigenvalue weighted by Crippen LogP contribution is -2.25. The molecule has 4 nitrogen and oxygen atoms in total. The summed E-state index contributed by atoms with van der Waals surface area (Å²) in [6.45, 7) is 3.65. The molecule has 0 aliphatic carbocycles. The van der Waals surface area contributed by atoms with Gasteiger partial charge in [0.1, 0.15) is 17.3 Å². The highest BCUT2D eigenvalue weighted by Gasteiger charge is 2.16. The number of amides is 1. The third kappa shape index (κ3) is 2.59. The van der Waals surface area contributed by atoms with E-state index in [9.17, 15) is 14.3 Å². The number of fused-ring (bicyclic) bond motifs is 1. The lowest BCUT2D eigenvalue weighted by atomic mass is 9.97. The molecule has 1 N–H and O–H groups in total. The molecule has 0 atom stereocenters. The molecule has 2 rings (SSSR count). The second kappa shape index (κ2) is 5.78. The Kier molecular flexibility index (Phi) is 4.04. The summed E-state index contributed by atoms with van der Waals surface area (Å²) in [5, 5.41) is 10.6. The minimum atomic E-state index is -0.700. The smallest absolute Gasteiger partial charge is 0.414 e. The number of phenolic OH excluding ortho intramolecular Hbond substituents is 1. The number of hydrogen-bond acceptors (Lipinski definition) is 3. The largest absolute Gasteiger partial charge is 0.507 e. The SMILES string of the molecule is C#Cc1c(F)cc(O)c2cc(OC(=O)N(C)C)cc(C=C)c12. The highest BCUT2D eigenvalue weighted by Crippen LogP contribution is 2.36. The topological polar surface area (TPSA) is 49.8 Å². The van der Waals surface area contributed by atoms with Gasteiger partial charge in [0, 0.05) is 30.9 Å². The van der Waals surface area contributed by atoms with Crippen molar-refractivity contribution in [2.24, 2.45) is 0 Å². The lowest BCUT2D eigenvalue weighted by molar-refractivity contribution is 0.172. The second-order valence-corrected chi connectivity index (χ2v) is 4.80. The molecule has 2 aromatic carbocycles. The molecule has 0 aliphatic heterocycles. The van der Waals surface area contributed by atoms with E-state index in [1.165, 1.54) is 23.1 Å². The van der Waals surface area contributed by atoms with E-state index < -0.39 is 11.9 Å². The quantitative estimate of drug-likeness (QED) is 0.865. The van der Waals surface area contributed by atoms with Crippen molar-refractivity contribution in [1.82, 2.24) is 4.90 Å². The molecular weight excluding hydrogens is 285 g/mol. The minimum absolute atomic E-state index is 0.0215. The van der Waals surface area contributed by atoms with Crippen LogP contribution in [0.25, 0.3) is 16.8 Å². The van der Waals surface area contributed by atoms with Gasteiger partial charge in [0.15, 0.2) is 0 Å². The number of phenols is 1. The molecule has 112 valence electrons. The highest BCUT2D eigenvalue weighted by molar-refractivity contribution is 6.00. The van der Waals surface area contributed by atoms with E-state index in [2.05, 4.69) is 12.5 Å². The van der Waals surface area contributed by atoms with E-state index in [0.717, 1.165) is 6.07 Å². The van der Waals surface area contributed by atoms with E-state index >= 15 is 0 Å². The van der Waals surface area contributed by atoms with Crippen LogP contribution in [0.4, 0.5) is 9.18 Å². The van der Waals surface area contributed by atoms with Gasteiger partial charge in [-0.2, -0.15) is 0 Å². The van der Waals surface area contributed by atoms with E-state index in [1.54, 1.807) is 14.1 Å². The Bertz CT molecular complexity index is 819. The van der Waals surface area contributed by atoms with Gasteiger partial charge in [0.05, 0.1) is 5.56 Å². The zero-order valence-corrected chi connectivity index (χ0v) is 12.2. The number of hydrogen-bond donors (Lipinski definition) is 1. The van der Waals surface area contributed by atoms with Crippen molar-refractivity contribution in [2.45, 2.75) is 0 Å². The third-order valence-electron chi connectivity index (χ3n) is 3.11. The molecule has 2 aromatic rings. The van der Waals surface area contributed by atoms with Crippen LogP contribution in [0.5, 0.6) is 11.5 Å². The predicted octanol–water partition coefficient (Wildman–Crippen LogP) is 3.37. The molecule has 0 unspecified atom stereocenters. The van der Waals surface area contributed by atoms with Gasteiger partial charge in [-0.05, 0) is 17.7 Å². The van der Waals surface area contributed by atoms with Gasteiger partial charge >= 0.3 is 6.09 Å². The molecule has 0 saturated heterocycles. The first-order valence-corrected chi connectivity index (χ1v) is 6.36. The molecule has 0 bridgehead atoms. The Morgan fingerprint density at radius 2 is 2.14 bits per heavy atom. The number of carbonyl (C=O) groups excluding carboxylic acids is 1. The first-order chi connectivity index (χ1) is 10.4. The molecule has 0 aliphatic rings. The summed E-state index contributed by atoms with van der Waals surface area (Å²) in [6.07, 6.45) is 6.23. The number of rotatable bonds is 2. The molecule has 0 saturated carbocycles. The van der Waals surface area contributed by atoms with Crippen LogP contribution in [0.2, 0.25) is 0 Å². The normalized spacial score (nSPS) is 10.1. The summed E-state index contributed by atoms with van der Waals surface area (Å²) in [4.78, 5) is 12.9. The Balaban J connectivity index is 2.75. The fourth-order valence-corrected chi connectivity index (χ4v) is 2.06. The van der Waals surface area contributed by atoms with Crippen molar-refractivity contribution in [3.8, 4) is 23.8 Å². The monoisotopic (exact) mass is 299 g/mol. The van der Waals surface area contributed by atoms with Crippen molar-refractivity contribution in [3.05, 3.63) is 41.7 Å². The molecule has 0 aromatic heterocycles. The maximum Gasteiger partial charge on any atom is 0.414 e. The highest BCUT2D eigenvalue weighted by atomic mass is 19.1. The van der Waals surface area contributed by atoms with Crippen LogP contribution in [0.3, 0.4) is 0 Å². The molecule has 22 heavy (non-hydrogen) atoms. The lowest BCUT2D eigenvalue weighted by Gasteiger charge is -2.14. The molecule has 0 fully saturated rings. The summed E-state index contributed by atoms with van der Waals surface area (Å²) in [5.41, 5.74) is 0.481. The van der Waals surface area contributed by atoms with Crippen LogP contribution < -0.4 is 4.74 Å². The maximum atomic E-state index is 13.9. The summed E-state index contributed by atoms with van der Waals surface area (Å²) < 4.78 is 19.1. The van der Waals surface area contributed by atoms with Crippen molar-refractivity contribution in [2.75, 3.05) is 14.1 Å². The van der Waals surface area contributed by atoms with Gasteiger partial charge in [-0.15, -0.1) is 6.42 Å². The number of halogens is 1. The Labute approximate surface area is 127 Å². The molecular formula is C17H14FNO3. The van der Waals surface area contributed by atoms with Crippen molar-refractivity contribution in [1.29, 1.82) is 0 Å². The molecule has 1 amide bonds. The molecule has 0 radical (unpaired) electrons. The van der Waals surface area contributed by atoms with E-state index in [4.69, 9.17) is 11.2 Å². The van der Waals surface area contributed by atoms with Crippen LogP contribution >= 0.6 is 0 Å². The Morgan fingerprint density at radius 3 is 2.68 bits per heavy atom. The second-order valence-electron chi connectivity index (χ2n) is 4.80. The summed E-state index contributed by atoms with van der Waals surface area (Å²) in [7, 11) is 3.09.